The summed E-state index contributed by atoms with van der Waals surface area (Å²) < 4.78 is 0. The van der Waals surface area contributed by atoms with Crippen LogP contribution < -0.4 is 21.7 Å². The van der Waals surface area contributed by atoms with Crippen LogP contribution in [0, 0.1) is 0 Å². The third-order valence-electron chi connectivity index (χ3n) is 2.68. The Hall–Kier alpha value is -2.24. The Kier molecular flexibility index (Phi) is 4.53. The van der Waals surface area contributed by atoms with Crippen molar-refractivity contribution >= 4 is 23.3 Å². The molecule has 3 amide bonds. The van der Waals surface area contributed by atoms with Gasteiger partial charge in [0.25, 0.3) is 0 Å². The molecular weight excluding hydrogens is 232 g/mol. The highest BCUT2D eigenvalue weighted by molar-refractivity contribution is 5.98. The number of para-hydroxylation sites is 2. The number of imide groups is 1. The van der Waals surface area contributed by atoms with E-state index in [1.165, 1.54) is 0 Å². The fourth-order valence-electron chi connectivity index (χ4n) is 1.77. The Balaban J connectivity index is 2.93. The number of primary amides is 1. The summed E-state index contributed by atoms with van der Waals surface area (Å²) in [4.78, 5) is 24.2. The van der Waals surface area contributed by atoms with Gasteiger partial charge in [0.05, 0.1) is 11.4 Å². The molecule has 0 bridgehead atoms. The number of nitrogens with zero attached hydrogens (tertiary/aromatic N) is 1. The number of nitrogen functional groups attached to an aromatic ring is 1. The quantitative estimate of drug-likeness (QED) is 0.684. The smallest absolute Gasteiger partial charge is 0.318 e. The number of nitrogens with two attached hydrogens (primary N) is 2. The Bertz CT molecular complexity index is 447. The molecule has 0 saturated heterocycles. The molecule has 5 N–H and O–H groups in total. The number of anilines is 2. The van der Waals surface area contributed by atoms with E-state index in [1.807, 2.05) is 25.1 Å². The molecule has 0 aromatic heterocycles. The minimum Gasteiger partial charge on any atom is -0.397 e. The lowest BCUT2D eigenvalue weighted by Gasteiger charge is -2.29. The lowest BCUT2D eigenvalue weighted by atomic mass is 10.2. The molecule has 1 rings (SSSR count). The van der Waals surface area contributed by atoms with E-state index in [1.54, 1.807) is 17.9 Å². The predicted molar refractivity (Wildman–Crippen MR) is 71.1 cm³/mol. The summed E-state index contributed by atoms with van der Waals surface area (Å²) in [6.45, 7) is 4.18. The number of hydrogen-bond donors (Lipinski definition) is 3. The van der Waals surface area contributed by atoms with E-state index in [0.29, 0.717) is 12.2 Å². The van der Waals surface area contributed by atoms with Crippen LogP contribution in [0.1, 0.15) is 13.8 Å². The van der Waals surface area contributed by atoms with Crippen molar-refractivity contribution in [1.29, 1.82) is 0 Å². The molecule has 1 aromatic carbocycles. The Labute approximate surface area is 106 Å². The lowest BCUT2D eigenvalue weighted by Crippen LogP contribution is -2.48. The first-order valence-electron chi connectivity index (χ1n) is 5.68. The predicted octanol–water partition coefficient (Wildman–Crippen LogP) is 0.678. The Morgan fingerprint density at radius 3 is 2.50 bits per heavy atom. The second kappa shape index (κ2) is 5.90. The van der Waals surface area contributed by atoms with Crippen molar-refractivity contribution in [3.8, 4) is 0 Å². The standard InChI is InChI=1S/C12H18N4O2/c1-3-16(8(2)11(17)15-12(14)18)10-7-5-4-6-9(10)13/h4-8H,3,13H2,1-2H3,(H3,14,15,17,18). The summed E-state index contributed by atoms with van der Waals surface area (Å²) in [5.74, 6) is -0.451. The van der Waals surface area contributed by atoms with Crippen LogP contribution in [0.3, 0.4) is 0 Å². The summed E-state index contributed by atoms with van der Waals surface area (Å²) in [6, 6.07) is 5.86. The average molecular weight is 250 g/mol. The molecule has 0 spiro atoms. The zero-order valence-electron chi connectivity index (χ0n) is 10.5. The first-order chi connectivity index (χ1) is 8.47. The largest absolute Gasteiger partial charge is 0.397 e. The van der Waals surface area contributed by atoms with Crippen LogP contribution in [0.15, 0.2) is 24.3 Å². The van der Waals surface area contributed by atoms with Crippen molar-refractivity contribution in [2.24, 2.45) is 5.73 Å². The monoisotopic (exact) mass is 250 g/mol. The van der Waals surface area contributed by atoms with E-state index in [-0.39, 0.29) is 0 Å². The van der Waals surface area contributed by atoms with Crippen LogP contribution >= 0.6 is 0 Å². The van der Waals surface area contributed by atoms with Gasteiger partial charge in [-0.1, -0.05) is 12.1 Å². The molecular formula is C12H18N4O2. The average Bonchev–Trinajstić information content (AvgIpc) is 2.31. The van der Waals surface area contributed by atoms with E-state index >= 15 is 0 Å². The molecule has 0 aliphatic heterocycles. The van der Waals surface area contributed by atoms with Gasteiger partial charge in [-0.3, -0.25) is 10.1 Å². The second-order valence-corrected chi connectivity index (χ2v) is 3.87. The molecule has 6 nitrogen and oxygen atoms in total. The minimum absolute atomic E-state index is 0.451. The third kappa shape index (κ3) is 3.13. The first kappa shape index (κ1) is 13.8. The number of amides is 3. The van der Waals surface area contributed by atoms with Gasteiger partial charge in [0, 0.05) is 6.54 Å². The van der Waals surface area contributed by atoms with Crippen molar-refractivity contribution in [3.63, 3.8) is 0 Å². The maximum Gasteiger partial charge on any atom is 0.318 e. The molecule has 0 saturated carbocycles. The van der Waals surface area contributed by atoms with Crippen molar-refractivity contribution in [3.05, 3.63) is 24.3 Å². The number of likely N-dealkylation sites (N-methyl/N-ethyl adjacent to an activating group) is 1. The van der Waals surface area contributed by atoms with Crippen LogP contribution in [0.25, 0.3) is 0 Å². The number of benzene rings is 1. The third-order valence-corrected chi connectivity index (χ3v) is 2.68. The summed E-state index contributed by atoms with van der Waals surface area (Å²) in [7, 11) is 0. The first-order valence-corrected chi connectivity index (χ1v) is 5.68. The van der Waals surface area contributed by atoms with Crippen LogP contribution in [-0.4, -0.2) is 24.5 Å². The van der Waals surface area contributed by atoms with Gasteiger partial charge in [0.15, 0.2) is 0 Å². The highest BCUT2D eigenvalue weighted by Crippen LogP contribution is 2.24. The molecule has 1 aromatic rings. The molecule has 1 unspecified atom stereocenters. The summed E-state index contributed by atoms with van der Waals surface area (Å²) in [5, 5.41) is 2.06. The van der Waals surface area contributed by atoms with E-state index in [9.17, 15) is 9.59 Å². The molecule has 0 aliphatic rings. The Morgan fingerprint density at radius 1 is 1.39 bits per heavy atom. The Morgan fingerprint density at radius 2 is 2.00 bits per heavy atom. The molecule has 0 fully saturated rings. The number of carbonyl (C=O) groups excluding carboxylic acids is 2. The van der Waals surface area contributed by atoms with Crippen LogP contribution in [0.5, 0.6) is 0 Å². The van der Waals surface area contributed by atoms with Gasteiger partial charge in [-0.15, -0.1) is 0 Å². The van der Waals surface area contributed by atoms with Gasteiger partial charge in [-0.05, 0) is 26.0 Å². The van der Waals surface area contributed by atoms with E-state index in [0.717, 1.165) is 5.69 Å². The number of carbonyl (C=O) groups is 2. The molecule has 0 heterocycles. The molecule has 18 heavy (non-hydrogen) atoms. The fraction of sp³-hybridized carbons (Fsp3) is 0.333. The molecule has 0 aliphatic carbocycles. The number of nitrogens with one attached hydrogen (secondary N) is 1. The van der Waals surface area contributed by atoms with Crippen molar-refractivity contribution in [2.45, 2.75) is 19.9 Å². The molecule has 6 heteroatoms. The SMILES string of the molecule is CCN(c1ccccc1N)C(C)C(=O)NC(N)=O. The van der Waals surface area contributed by atoms with E-state index in [2.05, 4.69) is 5.32 Å². The fourth-order valence-corrected chi connectivity index (χ4v) is 1.77. The molecule has 1 atom stereocenters. The molecule has 0 radical (unpaired) electrons. The number of urea groups is 1. The summed E-state index contributed by atoms with van der Waals surface area (Å²) in [6.07, 6.45) is 0. The maximum atomic E-state index is 11.7. The topological polar surface area (TPSA) is 101 Å². The highest BCUT2D eigenvalue weighted by atomic mass is 16.2. The maximum absolute atomic E-state index is 11.7. The molecule has 98 valence electrons. The van der Waals surface area contributed by atoms with Crippen molar-refractivity contribution in [1.82, 2.24) is 5.32 Å². The van der Waals surface area contributed by atoms with Gasteiger partial charge < -0.3 is 16.4 Å². The summed E-state index contributed by atoms with van der Waals surface area (Å²) >= 11 is 0. The van der Waals surface area contributed by atoms with Crippen molar-refractivity contribution in [2.75, 3.05) is 17.2 Å². The van der Waals surface area contributed by atoms with Gasteiger partial charge in [-0.2, -0.15) is 0 Å². The van der Waals surface area contributed by atoms with Crippen LogP contribution in [0.2, 0.25) is 0 Å². The van der Waals surface area contributed by atoms with Gasteiger partial charge in [0.1, 0.15) is 6.04 Å². The van der Waals surface area contributed by atoms with Crippen LogP contribution in [-0.2, 0) is 4.79 Å². The van der Waals surface area contributed by atoms with E-state index in [4.69, 9.17) is 11.5 Å². The lowest BCUT2D eigenvalue weighted by molar-refractivity contribution is -0.120. The van der Waals surface area contributed by atoms with Gasteiger partial charge in [-0.25, -0.2) is 4.79 Å². The second-order valence-electron chi connectivity index (χ2n) is 3.87. The van der Waals surface area contributed by atoms with E-state index < -0.39 is 18.0 Å². The van der Waals surface area contributed by atoms with Crippen LogP contribution in [0.4, 0.5) is 16.2 Å². The zero-order chi connectivity index (χ0) is 13.7. The number of rotatable bonds is 4. The summed E-state index contributed by atoms with van der Waals surface area (Å²) in [5.41, 5.74) is 12.1. The minimum atomic E-state index is -0.857. The van der Waals surface area contributed by atoms with Crippen molar-refractivity contribution < 1.29 is 9.59 Å². The van der Waals surface area contributed by atoms with Gasteiger partial charge in [0.2, 0.25) is 5.91 Å². The highest BCUT2D eigenvalue weighted by Gasteiger charge is 2.22. The number of hydrogen-bond acceptors (Lipinski definition) is 4. The van der Waals surface area contributed by atoms with Gasteiger partial charge >= 0.3 is 6.03 Å². The normalized spacial score (nSPS) is 11.7. The zero-order valence-corrected chi connectivity index (χ0v) is 10.5.